The Morgan fingerprint density at radius 1 is 0.517 bits per heavy atom. The van der Waals surface area contributed by atoms with E-state index < -0.39 is 18.2 Å². The molecule has 0 aliphatic heterocycles. The van der Waals surface area contributed by atoms with Crippen LogP contribution >= 0.6 is 0 Å². The highest BCUT2D eigenvalue weighted by Gasteiger charge is 2.24. The molecule has 0 spiro atoms. The van der Waals surface area contributed by atoms with Crippen molar-refractivity contribution in [3.8, 4) is 0 Å². The van der Waals surface area contributed by atoms with E-state index in [1.165, 1.54) is 116 Å². The fourth-order valence-corrected chi connectivity index (χ4v) is 7.38. The Morgan fingerprint density at radius 2 is 0.931 bits per heavy atom. The Balaban J connectivity index is 4.61. The number of carbonyl (C=O) groups is 2. The molecule has 1 amide bonds. The maximum atomic E-state index is 13.2. The molecule has 0 heterocycles. The summed E-state index contributed by atoms with van der Waals surface area (Å²) in [4.78, 5) is 26.1. The van der Waals surface area contributed by atoms with Crippen molar-refractivity contribution < 1.29 is 24.5 Å². The first-order chi connectivity index (χ1) is 28.5. The van der Waals surface area contributed by atoms with Gasteiger partial charge in [-0.05, 0) is 83.5 Å². The van der Waals surface area contributed by atoms with Gasteiger partial charge in [-0.1, -0.05) is 198 Å². The number of amides is 1. The van der Waals surface area contributed by atoms with Gasteiger partial charge in [0.05, 0.1) is 25.2 Å². The predicted molar refractivity (Wildman–Crippen MR) is 250 cm³/mol. The lowest BCUT2D eigenvalue weighted by Gasteiger charge is -2.24. The first-order valence-electron chi connectivity index (χ1n) is 24.9. The molecule has 0 aromatic rings. The molecule has 0 rings (SSSR count). The van der Waals surface area contributed by atoms with Gasteiger partial charge < -0.3 is 20.3 Å². The van der Waals surface area contributed by atoms with Crippen LogP contribution in [0, 0.1) is 0 Å². The minimum absolute atomic E-state index is 0.0486. The summed E-state index contributed by atoms with van der Waals surface area (Å²) in [5, 5.41) is 23.7. The molecule has 3 atom stereocenters. The van der Waals surface area contributed by atoms with Crippen LogP contribution in [0.3, 0.4) is 0 Å². The molecule has 0 aliphatic rings. The second-order valence-corrected chi connectivity index (χ2v) is 16.8. The minimum atomic E-state index is -0.797. The Hall–Kier alpha value is -2.18. The topological polar surface area (TPSA) is 95.9 Å². The maximum Gasteiger partial charge on any atom is 0.306 e. The van der Waals surface area contributed by atoms with Crippen LogP contribution in [0.5, 0.6) is 0 Å². The molecule has 0 saturated carbocycles. The summed E-state index contributed by atoms with van der Waals surface area (Å²) in [5.74, 6) is -0.520. The largest absolute Gasteiger partial charge is 0.462 e. The first kappa shape index (κ1) is 55.8. The number of esters is 1. The molecule has 0 aromatic carbocycles. The Bertz CT molecular complexity index is 1000. The highest BCUT2D eigenvalue weighted by atomic mass is 16.5. The van der Waals surface area contributed by atoms with E-state index in [2.05, 4.69) is 74.7 Å². The van der Waals surface area contributed by atoms with Crippen molar-refractivity contribution in [2.45, 2.75) is 264 Å². The van der Waals surface area contributed by atoms with Gasteiger partial charge in [0.2, 0.25) is 5.91 Å². The summed E-state index contributed by atoms with van der Waals surface area (Å²) in [7, 11) is 0. The molecule has 0 saturated heterocycles. The van der Waals surface area contributed by atoms with E-state index in [9.17, 15) is 19.8 Å². The Morgan fingerprint density at radius 3 is 1.45 bits per heavy atom. The summed E-state index contributed by atoms with van der Waals surface area (Å²) < 4.78 is 5.90. The van der Waals surface area contributed by atoms with Gasteiger partial charge in [-0.25, -0.2) is 0 Å². The minimum Gasteiger partial charge on any atom is -0.462 e. The van der Waals surface area contributed by atoms with Crippen LogP contribution in [0.1, 0.15) is 245 Å². The number of aliphatic hydroxyl groups excluding tert-OH is 2. The zero-order chi connectivity index (χ0) is 42.4. The predicted octanol–water partition coefficient (Wildman–Crippen LogP) is 14.7. The smallest absolute Gasteiger partial charge is 0.306 e. The molecule has 3 unspecified atom stereocenters. The number of unbranched alkanes of at least 4 members (excludes halogenated alkanes) is 24. The third-order valence-corrected chi connectivity index (χ3v) is 11.1. The van der Waals surface area contributed by atoms with Gasteiger partial charge in [-0.3, -0.25) is 9.59 Å². The Kier molecular flexibility index (Phi) is 44.2. The molecule has 6 heteroatoms. The summed E-state index contributed by atoms with van der Waals surface area (Å²) >= 11 is 0. The third-order valence-electron chi connectivity index (χ3n) is 11.1. The van der Waals surface area contributed by atoms with Crippen molar-refractivity contribution in [3.05, 3.63) is 48.6 Å². The summed E-state index contributed by atoms with van der Waals surface area (Å²) in [6.07, 6.45) is 54.6. The molecule has 0 radical (unpaired) electrons. The quantitative estimate of drug-likeness (QED) is 0.0323. The number of carbonyl (C=O) groups excluding carboxylic acids is 2. The maximum absolute atomic E-state index is 13.2. The van der Waals surface area contributed by atoms with Crippen LogP contribution in [0.4, 0.5) is 0 Å². The molecular formula is C52H95NO5. The number of aliphatic hydroxyl groups is 2. The lowest BCUT2D eigenvalue weighted by molar-refractivity contribution is -0.151. The van der Waals surface area contributed by atoms with E-state index in [4.69, 9.17) is 4.74 Å². The van der Waals surface area contributed by atoms with Crippen LogP contribution in [0.25, 0.3) is 0 Å². The van der Waals surface area contributed by atoms with Gasteiger partial charge in [-0.2, -0.15) is 0 Å². The summed E-state index contributed by atoms with van der Waals surface area (Å²) in [6, 6.07) is -0.713. The van der Waals surface area contributed by atoms with Gasteiger partial charge >= 0.3 is 5.97 Å². The second-order valence-electron chi connectivity index (χ2n) is 16.8. The van der Waals surface area contributed by atoms with E-state index in [0.717, 1.165) is 83.5 Å². The average Bonchev–Trinajstić information content (AvgIpc) is 3.22. The van der Waals surface area contributed by atoms with Crippen molar-refractivity contribution >= 4 is 11.9 Å². The molecule has 0 aromatic heterocycles. The third kappa shape index (κ3) is 40.6. The first-order valence-corrected chi connectivity index (χ1v) is 24.9. The van der Waals surface area contributed by atoms with Crippen molar-refractivity contribution in [2.24, 2.45) is 0 Å². The number of hydrogen-bond acceptors (Lipinski definition) is 5. The highest BCUT2D eigenvalue weighted by Crippen LogP contribution is 2.17. The van der Waals surface area contributed by atoms with E-state index in [1.54, 1.807) is 0 Å². The van der Waals surface area contributed by atoms with Gasteiger partial charge in [0.15, 0.2) is 0 Å². The van der Waals surface area contributed by atoms with Crippen molar-refractivity contribution in [1.82, 2.24) is 5.32 Å². The van der Waals surface area contributed by atoms with Crippen LogP contribution < -0.4 is 5.32 Å². The van der Waals surface area contributed by atoms with Gasteiger partial charge in [0, 0.05) is 6.42 Å². The number of rotatable bonds is 44. The van der Waals surface area contributed by atoms with Crippen molar-refractivity contribution in [2.75, 3.05) is 6.61 Å². The second kappa shape index (κ2) is 45.9. The molecule has 0 fully saturated rings. The SMILES string of the molecule is CC/C=C/C/C=C/C/C=C/CCCCC(CC(=O)NC(CO)C(O)CCCCCCCCCCCCC)OC(=O)CCCCCCC/C=C/CCCCCCCCC. The number of hydrogen-bond donors (Lipinski definition) is 3. The molecule has 0 aliphatic carbocycles. The molecule has 338 valence electrons. The van der Waals surface area contributed by atoms with Crippen molar-refractivity contribution in [3.63, 3.8) is 0 Å². The monoisotopic (exact) mass is 814 g/mol. The van der Waals surface area contributed by atoms with Crippen LogP contribution in [-0.2, 0) is 14.3 Å². The summed E-state index contributed by atoms with van der Waals surface area (Å²) in [6.45, 7) is 6.34. The van der Waals surface area contributed by atoms with E-state index >= 15 is 0 Å². The van der Waals surface area contributed by atoms with E-state index in [1.807, 2.05) is 0 Å². The molecule has 6 nitrogen and oxygen atoms in total. The molecule has 58 heavy (non-hydrogen) atoms. The fraction of sp³-hybridized carbons (Fsp3) is 0.808. The number of nitrogens with one attached hydrogen (secondary N) is 1. The molecular weight excluding hydrogens is 719 g/mol. The average molecular weight is 814 g/mol. The van der Waals surface area contributed by atoms with Crippen LogP contribution in [-0.4, -0.2) is 46.9 Å². The van der Waals surface area contributed by atoms with Crippen molar-refractivity contribution in [1.29, 1.82) is 0 Å². The number of allylic oxidation sites excluding steroid dienone is 8. The summed E-state index contributed by atoms with van der Waals surface area (Å²) in [5.41, 5.74) is 0. The van der Waals surface area contributed by atoms with E-state index in [0.29, 0.717) is 19.3 Å². The Labute approximate surface area is 359 Å². The van der Waals surface area contributed by atoms with Crippen LogP contribution in [0.2, 0.25) is 0 Å². The lowest BCUT2D eigenvalue weighted by atomic mass is 10.0. The van der Waals surface area contributed by atoms with Gasteiger partial charge in [0.1, 0.15) is 6.10 Å². The van der Waals surface area contributed by atoms with Crippen LogP contribution in [0.15, 0.2) is 48.6 Å². The molecule has 0 bridgehead atoms. The fourth-order valence-electron chi connectivity index (χ4n) is 7.38. The number of ether oxygens (including phenoxy) is 1. The zero-order valence-corrected chi connectivity index (χ0v) is 38.4. The van der Waals surface area contributed by atoms with Gasteiger partial charge in [0.25, 0.3) is 0 Å². The zero-order valence-electron chi connectivity index (χ0n) is 38.4. The lowest BCUT2D eigenvalue weighted by Crippen LogP contribution is -2.46. The molecule has 3 N–H and O–H groups in total. The standard InChI is InChI=1S/C52H95NO5/c1-4-7-10-13-16-19-22-24-25-26-27-30-33-36-39-42-45-52(57)58-48(43-40-37-34-31-29-23-20-17-14-11-8-5-2)46-51(56)53-49(47-54)50(55)44-41-38-35-32-28-21-18-15-12-9-6-3/h8,11,17,20,25-26,29,31,48-50,54-55H,4-7,9-10,12-16,18-19,21-24,27-28,30,32-47H2,1-3H3,(H,53,56)/b11-8+,20-17+,26-25+,31-29+. The van der Waals surface area contributed by atoms with Gasteiger partial charge in [-0.15, -0.1) is 0 Å². The normalized spacial score (nSPS) is 13.7. The highest BCUT2D eigenvalue weighted by molar-refractivity contribution is 5.77. The van der Waals surface area contributed by atoms with E-state index in [-0.39, 0.29) is 24.9 Å².